The zero-order chi connectivity index (χ0) is 18.0. The quantitative estimate of drug-likeness (QED) is 0.822. The van der Waals surface area contributed by atoms with Crippen LogP contribution in [0.5, 0.6) is 5.75 Å². The number of esters is 1. The van der Waals surface area contributed by atoms with Gasteiger partial charge in [0.15, 0.2) is 5.84 Å². The van der Waals surface area contributed by atoms with Gasteiger partial charge in [-0.1, -0.05) is 12.1 Å². The second-order valence-electron chi connectivity index (χ2n) is 5.61. The number of hydrogen-bond donors (Lipinski definition) is 2. The van der Waals surface area contributed by atoms with Gasteiger partial charge in [0.1, 0.15) is 17.5 Å². The van der Waals surface area contributed by atoms with Gasteiger partial charge >= 0.3 is 5.97 Å². The van der Waals surface area contributed by atoms with E-state index in [1.54, 1.807) is 42.5 Å². The monoisotopic (exact) mass is 357 g/mol. The summed E-state index contributed by atoms with van der Waals surface area (Å²) in [6.45, 7) is 5.82. The number of benzene rings is 1. The average molecular weight is 357 g/mol. The van der Waals surface area contributed by atoms with Crippen molar-refractivity contribution in [1.29, 1.82) is 0 Å². The largest absolute Gasteiger partial charge is 0.508 e. The number of aromatic hydroxyl groups is 1. The van der Waals surface area contributed by atoms with Gasteiger partial charge in [-0.25, -0.2) is 9.78 Å². The van der Waals surface area contributed by atoms with E-state index < -0.39 is 12.0 Å². The first kappa shape index (κ1) is 17.2. The van der Waals surface area contributed by atoms with Crippen LogP contribution in [0, 0.1) is 6.92 Å². The van der Waals surface area contributed by atoms with Crippen molar-refractivity contribution in [3.8, 4) is 5.75 Å². The van der Waals surface area contributed by atoms with E-state index in [9.17, 15) is 9.90 Å². The van der Waals surface area contributed by atoms with Crippen molar-refractivity contribution >= 4 is 23.1 Å². The Labute approximate surface area is 149 Å². The maximum atomic E-state index is 12.5. The molecule has 1 atom stereocenters. The van der Waals surface area contributed by atoms with E-state index in [4.69, 9.17) is 9.73 Å². The molecule has 1 aliphatic rings. The molecule has 130 valence electrons. The fourth-order valence-electron chi connectivity index (χ4n) is 2.65. The van der Waals surface area contributed by atoms with Gasteiger partial charge in [-0.3, -0.25) is 4.99 Å². The van der Waals surface area contributed by atoms with Crippen molar-refractivity contribution in [3.05, 3.63) is 57.2 Å². The molecule has 0 fully saturated rings. The second-order valence-corrected chi connectivity index (χ2v) is 6.67. The van der Waals surface area contributed by atoms with Crippen LogP contribution < -0.4 is 5.32 Å². The third-order valence-electron chi connectivity index (χ3n) is 3.81. The molecule has 0 radical (unpaired) electrons. The molecule has 1 unspecified atom stereocenters. The first-order valence-corrected chi connectivity index (χ1v) is 8.81. The number of phenols is 1. The van der Waals surface area contributed by atoms with Crippen LogP contribution in [0.25, 0.3) is 0 Å². The molecule has 0 bridgehead atoms. The van der Waals surface area contributed by atoms with E-state index in [-0.39, 0.29) is 5.75 Å². The maximum Gasteiger partial charge on any atom is 0.338 e. The summed E-state index contributed by atoms with van der Waals surface area (Å²) < 4.78 is 5.20. The highest BCUT2D eigenvalue weighted by Gasteiger charge is 2.31. The summed E-state index contributed by atoms with van der Waals surface area (Å²) in [5.74, 6) is 0.381. The smallest absolute Gasteiger partial charge is 0.338 e. The molecule has 0 saturated heterocycles. The lowest BCUT2D eigenvalue weighted by molar-refractivity contribution is -0.138. The molecule has 7 heteroatoms. The van der Waals surface area contributed by atoms with Gasteiger partial charge in [0.25, 0.3) is 0 Å². The number of thiazole rings is 1. The SMILES string of the molecule is CCOC(=O)C1=C(C)NC(c2csc(C)n2)=NC1c1ccc(O)cc1. The number of rotatable bonds is 4. The molecule has 1 aromatic carbocycles. The lowest BCUT2D eigenvalue weighted by Gasteiger charge is -2.25. The van der Waals surface area contributed by atoms with Crippen LogP contribution in [0.15, 0.2) is 45.9 Å². The Morgan fingerprint density at radius 2 is 2.04 bits per heavy atom. The fourth-order valence-corrected chi connectivity index (χ4v) is 3.25. The number of carbonyl (C=O) groups excluding carboxylic acids is 1. The highest BCUT2D eigenvalue weighted by atomic mass is 32.1. The molecule has 25 heavy (non-hydrogen) atoms. The standard InChI is InChI=1S/C18H19N3O3S/c1-4-24-18(23)15-10(2)19-17(14-9-25-11(3)20-14)21-16(15)12-5-7-13(22)8-6-12/h5-9,16,22H,4H2,1-3H3,(H,19,21). The molecule has 0 spiro atoms. The predicted molar refractivity (Wildman–Crippen MR) is 96.7 cm³/mol. The number of nitrogens with zero attached hydrogens (tertiary/aromatic N) is 2. The first-order chi connectivity index (χ1) is 12.0. The van der Waals surface area contributed by atoms with Crippen molar-refractivity contribution < 1.29 is 14.6 Å². The first-order valence-electron chi connectivity index (χ1n) is 7.93. The third-order valence-corrected chi connectivity index (χ3v) is 4.58. The van der Waals surface area contributed by atoms with Crippen LogP contribution in [0.2, 0.25) is 0 Å². The second kappa shape index (κ2) is 7.06. The van der Waals surface area contributed by atoms with E-state index in [1.807, 2.05) is 19.2 Å². The molecule has 2 heterocycles. The van der Waals surface area contributed by atoms with Gasteiger partial charge in [-0.2, -0.15) is 0 Å². The lowest BCUT2D eigenvalue weighted by atomic mass is 9.96. The molecule has 3 rings (SSSR count). The van der Waals surface area contributed by atoms with Gasteiger partial charge in [0.05, 0.1) is 17.2 Å². The number of ether oxygens (including phenoxy) is 1. The third kappa shape index (κ3) is 3.56. The summed E-state index contributed by atoms with van der Waals surface area (Å²) in [5, 5.41) is 15.6. The van der Waals surface area contributed by atoms with Crippen LogP contribution in [0.4, 0.5) is 0 Å². The summed E-state index contributed by atoms with van der Waals surface area (Å²) in [7, 11) is 0. The predicted octanol–water partition coefficient (Wildman–Crippen LogP) is 3.09. The van der Waals surface area contributed by atoms with Gasteiger partial charge < -0.3 is 15.2 Å². The van der Waals surface area contributed by atoms with Crippen molar-refractivity contribution in [1.82, 2.24) is 10.3 Å². The Hall–Kier alpha value is -2.67. The molecule has 0 aliphatic carbocycles. The molecular weight excluding hydrogens is 338 g/mol. The summed E-state index contributed by atoms with van der Waals surface area (Å²) in [5.41, 5.74) is 2.69. The summed E-state index contributed by atoms with van der Waals surface area (Å²) in [6, 6.07) is 6.16. The van der Waals surface area contributed by atoms with Crippen molar-refractivity contribution in [2.45, 2.75) is 26.8 Å². The number of phenolic OH excluding ortho intramolecular Hbond substituents is 1. The molecule has 2 aromatic rings. The Balaban J connectivity index is 2.06. The van der Waals surface area contributed by atoms with E-state index in [1.165, 1.54) is 0 Å². The van der Waals surface area contributed by atoms with Gasteiger partial charge in [-0.05, 0) is 38.5 Å². The minimum Gasteiger partial charge on any atom is -0.508 e. The lowest BCUT2D eigenvalue weighted by Crippen LogP contribution is -2.33. The van der Waals surface area contributed by atoms with Crippen LogP contribution in [0.1, 0.15) is 36.2 Å². The topological polar surface area (TPSA) is 83.8 Å². The van der Waals surface area contributed by atoms with Crippen molar-refractivity contribution in [2.75, 3.05) is 6.61 Å². The highest BCUT2D eigenvalue weighted by molar-refractivity contribution is 7.09. The van der Waals surface area contributed by atoms with E-state index >= 15 is 0 Å². The number of nitrogens with one attached hydrogen (secondary N) is 1. The summed E-state index contributed by atoms with van der Waals surface area (Å²) in [4.78, 5) is 21.6. The minimum absolute atomic E-state index is 0.162. The zero-order valence-electron chi connectivity index (χ0n) is 14.2. The number of aliphatic imine (C=N–C) groups is 1. The summed E-state index contributed by atoms with van der Waals surface area (Å²) >= 11 is 1.54. The van der Waals surface area contributed by atoms with Crippen LogP contribution in [-0.2, 0) is 9.53 Å². The molecule has 1 aliphatic heterocycles. The van der Waals surface area contributed by atoms with Crippen LogP contribution >= 0.6 is 11.3 Å². The van der Waals surface area contributed by atoms with E-state index in [2.05, 4.69) is 10.3 Å². The van der Waals surface area contributed by atoms with Gasteiger partial charge in [0.2, 0.25) is 0 Å². The number of aryl methyl sites for hydroxylation is 1. The zero-order valence-corrected chi connectivity index (χ0v) is 15.1. The van der Waals surface area contributed by atoms with Gasteiger partial charge in [0, 0.05) is 11.1 Å². The van der Waals surface area contributed by atoms with Crippen molar-refractivity contribution in [2.24, 2.45) is 4.99 Å². The minimum atomic E-state index is -0.516. The normalized spacial score (nSPS) is 17.1. The Kier molecular flexibility index (Phi) is 4.85. The summed E-state index contributed by atoms with van der Waals surface area (Å²) in [6.07, 6.45) is 0. The average Bonchev–Trinajstić information content (AvgIpc) is 3.01. The molecular formula is C18H19N3O3S. The Morgan fingerprint density at radius 1 is 1.32 bits per heavy atom. The highest BCUT2D eigenvalue weighted by Crippen LogP contribution is 2.33. The molecule has 0 amide bonds. The Bertz CT molecular complexity index is 853. The molecule has 6 nitrogen and oxygen atoms in total. The molecule has 1 aromatic heterocycles. The maximum absolute atomic E-state index is 12.5. The number of aromatic nitrogens is 1. The molecule has 2 N–H and O–H groups in total. The van der Waals surface area contributed by atoms with E-state index in [0.717, 1.165) is 16.3 Å². The van der Waals surface area contributed by atoms with Gasteiger partial charge in [-0.15, -0.1) is 11.3 Å². The van der Waals surface area contributed by atoms with Crippen LogP contribution in [0.3, 0.4) is 0 Å². The number of amidine groups is 1. The fraction of sp³-hybridized carbons (Fsp3) is 0.278. The van der Waals surface area contributed by atoms with Crippen LogP contribution in [-0.4, -0.2) is 28.5 Å². The number of allylic oxidation sites excluding steroid dienone is 1. The van der Waals surface area contributed by atoms with E-state index in [0.29, 0.717) is 23.7 Å². The van der Waals surface area contributed by atoms with Crippen molar-refractivity contribution in [3.63, 3.8) is 0 Å². The Morgan fingerprint density at radius 3 is 2.64 bits per heavy atom. The number of hydrogen-bond acceptors (Lipinski definition) is 7. The number of carbonyl (C=O) groups is 1. The molecule has 0 saturated carbocycles.